The number of amides is 2. The molecule has 0 bridgehead atoms. The summed E-state index contributed by atoms with van der Waals surface area (Å²) in [4.78, 5) is 25.5. The first kappa shape index (κ1) is 25.1. The molecule has 0 fully saturated rings. The molecule has 1 atom stereocenters. The summed E-state index contributed by atoms with van der Waals surface area (Å²) >= 11 is 5.98. The van der Waals surface area contributed by atoms with E-state index in [0.29, 0.717) is 17.1 Å². The lowest BCUT2D eigenvalue weighted by Crippen LogP contribution is -2.48. The van der Waals surface area contributed by atoms with Crippen LogP contribution in [0.1, 0.15) is 35.3 Å². The van der Waals surface area contributed by atoms with Crippen LogP contribution in [0.15, 0.2) is 84.1 Å². The van der Waals surface area contributed by atoms with E-state index in [1.807, 2.05) is 48.9 Å². The van der Waals surface area contributed by atoms with Crippen LogP contribution in [0.2, 0.25) is 5.02 Å². The van der Waals surface area contributed by atoms with E-state index in [1.165, 1.54) is 12.1 Å². The third-order valence-electron chi connectivity index (χ3n) is 5.79. The van der Waals surface area contributed by atoms with E-state index in [4.69, 9.17) is 11.6 Å². The van der Waals surface area contributed by atoms with Crippen LogP contribution in [0.4, 0.5) is 4.39 Å². The minimum atomic E-state index is -0.784. The van der Waals surface area contributed by atoms with E-state index in [-0.39, 0.29) is 17.6 Å². The molecule has 0 aliphatic heterocycles. The van der Waals surface area contributed by atoms with Crippen molar-refractivity contribution in [1.29, 1.82) is 0 Å². The molecule has 1 heterocycles. The minimum Gasteiger partial charge on any atom is -0.342 e. The summed E-state index contributed by atoms with van der Waals surface area (Å²) < 4.78 is 15.3. The van der Waals surface area contributed by atoms with Crippen LogP contribution in [-0.2, 0) is 11.3 Å². The van der Waals surface area contributed by atoms with Gasteiger partial charge in [-0.25, -0.2) is 9.82 Å². The molecular formula is C28H26ClFN4O2. The Balaban J connectivity index is 1.48. The number of nitrogens with zero attached hydrogens (tertiary/aromatic N) is 2. The Morgan fingerprint density at radius 2 is 1.81 bits per heavy atom. The highest BCUT2D eigenvalue weighted by molar-refractivity contribution is 6.31. The zero-order chi connectivity index (χ0) is 25.7. The summed E-state index contributed by atoms with van der Waals surface area (Å²) in [5, 5.41) is 8.33. The van der Waals surface area contributed by atoms with Crippen molar-refractivity contribution < 1.29 is 14.0 Å². The topological polar surface area (TPSA) is 75.5 Å². The molecule has 1 aromatic heterocycles. The molecule has 0 aliphatic carbocycles. The fourth-order valence-electron chi connectivity index (χ4n) is 3.92. The Morgan fingerprint density at radius 3 is 2.53 bits per heavy atom. The van der Waals surface area contributed by atoms with Crippen LogP contribution in [0, 0.1) is 11.7 Å². The van der Waals surface area contributed by atoms with E-state index >= 15 is 0 Å². The number of carbonyl (C=O) groups excluding carboxylic acids is 2. The summed E-state index contributed by atoms with van der Waals surface area (Å²) in [7, 11) is 0. The monoisotopic (exact) mass is 504 g/mol. The van der Waals surface area contributed by atoms with Crippen molar-refractivity contribution in [3.05, 3.63) is 107 Å². The number of hydrazone groups is 1. The number of benzene rings is 3. The third-order valence-corrected chi connectivity index (χ3v) is 6.02. The number of carbonyl (C=O) groups is 2. The zero-order valence-corrected chi connectivity index (χ0v) is 20.7. The van der Waals surface area contributed by atoms with E-state index in [2.05, 4.69) is 15.8 Å². The summed E-state index contributed by atoms with van der Waals surface area (Å²) in [6, 6.07) is 20.0. The maximum atomic E-state index is 13.3. The van der Waals surface area contributed by atoms with Gasteiger partial charge in [0.15, 0.2) is 0 Å². The number of nitrogens with one attached hydrogen (secondary N) is 2. The molecule has 6 nitrogen and oxygen atoms in total. The van der Waals surface area contributed by atoms with E-state index in [0.717, 1.165) is 22.0 Å². The molecule has 0 saturated carbocycles. The van der Waals surface area contributed by atoms with Crippen molar-refractivity contribution in [3.8, 4) is 0 Å². The fourth-order valence-corrected chi connectivity index (χ4v) is 4.11. The van der Waals surface area contributed by atoms with E-state index in [9.17, 15) is 14.0 Å². The summed E-state index contributed by atoms with van der Waals surface area (Å²) in [6.07, 6.45) is 3.52. The molecule has 2 amide bonds. The highest BCUT2D eigenvalue weighted by Gasteiger charge is 2.24. The molecule has 4 aromatic rings. The standard InChI is InChI=1S/C28H26ClFN4O2/c1-18(2)26(32-27(35)20-6-5-7-22(29)14-20)28(36)33-31-15-21-17-34(25-9-4-3-8-24(21)25)16-19-10-12-23(30)13-11-19/h3-15,17-18,26H,16H2,1-2H3,(H,32,35)(H,33,36)/b31-15-. The van der Waals surface area contributed by atoms with Gasteiger partial charge in [0.1, 0.15) is 11.9 Å². The number of hydrogen-bond acceptors (Lipinski definition) is 3. The molecule has 0 saturated heterocycles. The average Bonchev–Trinajstić information content (AvgIpc) is 3.20. The Kier molecular flexibility index (Phi) is 7.80. The molecule has 3 aromatic carbocycles. The molecule has 36 heavy (non-hydrogen) atoms. The van der Waals surface area contributed by atoms with Gasteiger partial charge >= 0.3 is 0 Å². The average molecular weight is 505 g/mol. The largest absolute Gasteiger partial charge is 0.342 e. The van der Waals surface area contributed by atoms with Crippen LogP contribution < -0.4 is 10.7 Å². The number of rotatable bonds is 8. The smallest absolute Gasteiger partial charge is 0.262 e. The zero-order valence-electron chi connectivity index (χ0n) is 19.9. The van der Waals surface area contributed by atoms with Crippen molar-refractivity contribution in [3.63, 3.8) is 0 Å². The van der Waals surface area contributed by atoms with Gasteiger partial charge in [0.25, 0.3) is 11.8 Å². The lowest BCUT2D eigenvalue weighted by atomic mass is 10.0. The van der Waals surface area contributed by atoms with Gasteiger partial charge in [0, 0.05) is 39.8 Å². The number of para-hydroxylation sites is 1. The third kappa shape index (κ3) is 5.98. The molecule has 2 N–H and O–H groups in total. The minimum absolute atomic E-state index is 0.166. The van der Waals surface area contributed by atoms with Crippen LogP contribution in [0.3, 0.4) is 0 Å². The predicted octanol–water partition coefficient (Wildman–Crippen LogP) is 5.39. The maximum Gasteiger partial charge on any atom is 0.262 e. The van der Waals surface area contributed by atoms with Gasteiger partial charge < -0.3 is 9.88 Å². The SMILES string of the molecule is CC(C)C(NC(=O)c1cccc(Cl)c1)C(=O)N/N=C\c1cn(Cc2ccc(F)cc2)c2ccccc12. The van der Waals surface area contributed by atoms with Gasteiger partial charge in [0.05, 0.1) is 6.21 Å². The van der Waals surface area contributed by atoms with Crippen LogP contribution in [-0.4, -0.2) is 28.6 Å². The predicted molar refractivity (Wildman–Crippen MR) is 141 cm³/mol. The van der Waals surface area contributed by atoms with Gasteiger partial charge in [0.2, 0.25) is 0 Å². The number of hydrogen-bond donors (Lipinski definition) is 2. The van der Waals surface area contributed by atoms with Gasteiger partial charge in [-0.05, 0) is 47.9 Å². The van der Waals surface area contributed by atoms with Crippen molar-refractivity contribution in [2.75, 3.05) is 0 Å². The fraction of sp³-hybridized carbons (Fsp3) is 0.179. The first-order valence-electron chi connectivity index (χ1n) is 11.5. The molecule has 184 valence electrons. The van der Waals surface area contributed by atoms with Crippen molar-refractivity contribution in [1.82, 2.24) is 15.3 Å². The Hall–Kier alpha value is -3.97. The van der Waals surface area contributed by atoms with E-state index in [1.54, 1.807) is 42.6 Å². The lowest BCUT2D eigenvalue weighted by molar-refractivity contribution is -0.123. The number of aromatic nitrogens is 1. The molecule has 0 aliphatic rings. The second kappa shape index (κ2) is 11.2. The lowest BCUT2D eigenvalue weighted by Gasteiger charge is -2.20. The van der Waals surface area contributed by atoms with Gasteiger partial charge in [-0.3, -0.25) is 9.59 Å². The molecule has 8 heteroatoms. The first-order valence-corrected chi connectivity index (χ1v) is 11.9. The van der Waals surface area contributed by atoms with Crippen molar-refractivity contribution >= 4 is 40.5 Å². The second-order valence-electron chi connectivity index (χ2n) is 8.80. The number of fused-ring (bicyclic) bond motifs is 1. The molecule has 0 radical (unpaired) electrons. The maximum absolute atomic E-state index is 13.3. The molecular weight excluding hydrogens is 479 g/mol. The number of halogens is 2. The van der Waals surface area contributed by atoms with E-state index < -0.39 is 11.9 Å². The second-order valence-corrected chi connectivity index (χ2v) is 9.23. The Labute approximate surface area is 213 Å². The molecule has 1 unspecified atom stereocenters. The van der Waals surface area contributed by atoms with Crippen molar-refractivity contribution in [2.24, 2.45) is 11.0 Å². The highest BCUT2D eigenvalue weighted by Crippen LogP contribution is 2.21. The normalized spacial score (nSPS) is 12.2. The van der Waals surface area contributed by atoms with Crippen LogP contribution in [0.5, 0.6) is 0 Å². The van der Waals surface area contributed by atoms with Crippen LogP contribution >= 0.6 is 11.6 Å². The van der Waals surface area contributed by atoms with Gasteiger partial charge in [-0.1, -0.05) is 61.8 Å². The van der Waals surface area contributed by atoms with Gasteiger partial charge in [-0.2, -0.15) is 5.10 Å². The summed E-state index contributed by atoms with van der Waals surface area (Å²) in [5.41, 5.74) is 5.69. The Morgan fingerprint density at radius 1 is 1.06 bits per heavy atom. The Bertz CT molecular complexity index is 1410. The van der Waals surface area contributed by atoms with Crippen LogP contribution in [0.25, 0.3) is 10.9 Å². The van der Waals surface area contributed by atoms with Crippen molar-refractivity contribution in [2.45, 2.75) is 26.4 Å². The van der Waals surface area contributed by atoms with Gasteiger partial charge in [-0.15, -0.1) is 0 Å². The summed E-state index contributed by atoms with van der Waals surface area (Å²) in [5.74, 6) is -1.25. The first-order chi connectivity index (χ1) is 17.3. The highest BCUT2D eigenvalue weighted by atomic mass is 35.5. The molecule has 0 spiro atoms. The summed E-state index contributed by atoms with van der Waals surface area (Å²) in [6.45, 7) is 4.25. The quantitative estimate of drug-likeness (QED) is 0.249. The molecule has 4 rings (SSSR count).